The lowest BCUT2D eigenvalue weighted by molar-refractivity contribution is 0.568. The first-order chi connectivity index (χ1) is 10.4. The molecule has 0 bridgehead atoms. The van der Waals surface area contributed by atoms with Crippen LogP contribution in [-0.4, -0.2) is 25.0 Å². The van der Waals surface area contributed by atoms with Crippen LogP contribution in [0.1, 0.15) is 26.5 Å². The maximum absolute atomic E-state index is 12.1. The van der Waals surface area contributed by atoms with Gasteiger partial charge in [-0.3, -0.25) is 19.4 Å². The lowest BCUT2D eigenvalue weighted by Crippen LogP contribution is -2.18. The summed E-state index contributed by atoms with van der Waals surface area (Å²) in [5, 5.41) is 10.3. The molecule has 0 aliphatic rings. The SMILES string of the molecule is CC(C)(C)c1ccc(-n2cc(-c3c[nH]nn3)ccc2=O)cn1. The molecule has 0 aliphatic heterocycles. The summed E-state index contributed by atoms with van der Waals surface area (Å²) in [7, 11) is 0. The van der Waals surface area contributed by atoms with E-state index in [0.29, 0.717) is 5.69 Å². The highest BCUT2D eigenvalue weighted by atomic mass is 16.1. The molecule has 1 N–H and O–H groups in total. The number of aromatic nitrogens is 5. The molecule has 6 heteroatoms. The Hall–Kier alpha value is -2.76. The van der Waals surface area contributed by atoms with Gasteiger partial charge in [-0.15, -0.1) is 5.10 Å². The molecule has 0 aliphatic carbocycles. The topological polar surface area (TPSA) is 76.5 Å². The predicted molar refractivity (Wildman–Crippen MR) is 83.9 cm³/mol. The predicted octanol–water partition coefficient (Wildman–Crippen LogP) is 2.32. The first kappa shape index (κ1) is 14.2. The van der Waals surface area contributed by atoms with Gasteiger partial charge in [-0.25, -0.2) is 0 Å². The average Bonchev–Trinajstić information content (AvgIpc) is 3.01. The average molecular weight is 295 g/mol. The molecular weight excluding hydrogens is 278 g/mol. The van der Waals surface area contributed by atoms with Crippen LogP contribution in [-0.2, 0) is 5.41 Å². The van der Waals surface area contributed by atoms with Gasteiger partial charge in [0.2, 0.25) is 0 Å². The van der Waals surface area contributed by atoms with Crippen molar-refractivity contribution in [3.8, 4) is 16.9 Å². The molecule has 112 valence electrons. The summed E-state index contributed by atoms with van der Waals surface area (Å²) in [4.78, 5) is 16.6. The molecule has 0 spiro atoms. The molecular formula is C16H17N5O. The van der Waals surface area contributed by atoms with Crippen molar-refractivity contribution in [2.75, 3.05) is 0 Å². The van der Waals surface area contributed by atoms with E-state index < -0.39 is 0 Å². The number of pyridine rings is 2. The maximum Gasteiger partial charge on any atom is 0.255 e. The summed E-state index contributed by atoms with van der Waals surface area (Å²) in [5.41, 5.74) is 3.07. The van der Waals surface area contributed by atoms with Crippen molar-refractivity contribution in [2.24, 2.45) is 0 Å². The summed E-state index contributed by atoms with van der Waals surface area (Å²) in [6.45, 7) is 6.31. The molecule has 3 aromatic rings. The molecule has 0 fully saturated rings. The second kappa shape index (κ2) is 5.22. The molecule has 0 amide bonds. The van der Waals surface area contributed by atoms with Crippen molar-refractivity contribution in [3.63, 3.8) is 0 Å². The van der Waals surface area contributed by atoms with E-state index >= 15 is 0 Å². The molecule has 0 radical (unpaired) electrons. The van der Waals surface area contributed by atoms with Crippen LogP contribution >= 0.6 is 0 Å². The van der Waals surface area contributed by atoms with Gasteiger partial charge in [-0.1, -0.05) is 26.0 Å². The van der Waals surface area contributed by atoms with E-state index in [9.17, 15) is 4.79 Å². The van der Waals surface area contributed by atoms with Crippen molar-refractivity contribution < 1.29 is 0 Å². The summed E-state index contributed by atoms with van der Waals surface area (Å²) < 4.78 is 1.56. The Bertz CT molecular complexity index is 826. The smallest absolute Gasteiger partial charge is 0.255 e. The van der Waals surface area contributed by atoms with Gasteiger partial charge in [0.15, 0.2) is 0 Å². The Kier molecular flexibility index (Phi) is 3.36. The minimum absolute atomic E-state index is 0.0218. The number of nitrogens with one attached hydrogen (secondary N) is 1. The van der Waals surface area contributed by atoms with E-state index in [1.807, 2.05) is 12.1 Å². The third kappa shape index (κ3) is 2.67. The van der Waals surface area contributed by atoms with Gasteiger partial charge in [0, 0.05) is 28.9 Å². The summed E-state index contributed by atoms with van der Waals surface area (Å²) >= 11 is 0. The van der Waals surface area contributed by atoms with Crippen LogP contribution < -0.4 is 5.56 Å². The van der Waals surface area contributed by atoms with Crippen LogP contribution in [0.4, 0.5) is 0 Å². The second-order valence-corrected chi connectivity index (χ2v) is 6.14. The third-order valence-electron chi connectivity index (χ3n) is 3.42. The van der Waals surface area contributed by atoms with Crippen LogP contribution in [0, 0.1) is 0 Å². The van der Waals surface area contributed by atoms with Crippen molar-refractivity contribution >= 4 is 0 Å². The molecule has 22 heavy (non-hydrogen) atoms. The summed E-state index contributed by atoms with van der Waals surface area (Å²) in [6.07, 6.45) is 5.15. The highest BCUT2D eigenvalue weighted by Gasteiger charge is 2.15. The van der Waals surface area contributed by atoms with Crippen LogP contribution in [0.5, 0.6) is 0 Å². The van der Waals surface area contributed by atoms with Gasteiger partial charge < -0.3 is 0 Å². The molecule has 3 heterocycles. The van der Waals surface area contributed by atoms with Crippen LogP contribution in [0.2, 0.25) is 0 Å². The number of H-pyrrole nitrogens is 1. The molecule has 6 nitrogen and oxygen atoms in total. The second-order valence-electron chi connectivity index (χ2n) is 6.14. The Balaban J connectivity index is 2.04. The monoisotopic (exact) mass is 295 g/mol. The summed E-state index contributed by atoms with van der Waals surface area (Å²) in [6, 6.07) is 7.10. The van der Waals surface area contributed by atoms with Crippen LogP contribution in [0.25, 0.3) is 16.9 Å². The van der Waals surface area contributed by atoms with Crippen LogP contribution in [0.15, 0.2) is 47.7 Å². The highest BCUT2D eigenvalue weighted by Crippen LogP contribution is 2.21. The van der Waals surface area contributed by atoms with Crippen molar-refractivity contribution in [1.82, 2.24) is 25.0 Å². The third-order valence-corrected chi connectivity index (χ3v) is 3.42. The Morgan fingerprint density at radius 3 is 2.55 bits per heavy atom. The number of hydrogen-bond acceptors (Lipinski definition) is 4. The number of nitrogens with zero attached hydrogens (tertiary/aromatic N) is 4. The molecule has 0 saturated carbocycles. The zero-order valence-electron chi connectivity index (χ0n) is 12.7. The minimum Gasteiger partial charge on any atom is -0.282 e. The standard InChI is InChI=1S/C16H17N5O/c1-16(2,3)14-6-5-12(8-17-14)21-10-11(4-7-15(21)22)13-9-18-20-19-13/h4-10H,1-3H3,(H,18,19,20). The lowest BCUT2D eigenvalue weighted by atomic mass is 9.92. The Morgan fingerprint density at radius 2 is 1.95 bits per heavy atom. The quantitative estimate of drug-likeness (QED) is 0.787. The first-order valence-electron chi connectivity index (χ1n) is 7.01. The van der Waals surface area contributed by atoms with Crippen molar-refractivity contribution in [3.05, 3.63) is 58.9 Å². The molecule has 0 aromatic carbocycles. The lowest BCUT2D eigenvalue weighted by Gasteiger charge is -2.18. The molecule has 3 aromatic heterocycles. The number of aromatic amines is 1. The zero-order chi connectivity index (χ0) is 15.7. The van der Waals surface area contributed by atoms with Gasteiger partial charge in [0.1, 0.15) is 5.69 Å². The fourth-order valence-electron chi connectivity index (χ4n) is 2.16. The minimum atomic E-state index is -0.113. The van der Waals surface area contributed by atoms with E-state index in [4.69, 9.17) is 0 Å². The molecule has 3 rings (SSSR count). The highest BCUT2D eigenvalue weighted by molar-refractivity contribution is 5.56. The van der Waals surface area contributed by atoms with Crippen molar-refractivity contribution in [2.45, 2.75) is 26.2 Å². The van der Waals surface area contributed by atoms with E-state index in [1.54, 1.807) is 29.2 Å². The van der Waals surface area contributed by atoms with E-state index in [1.165, 1.54) is 6.07 Å². The Morgan fingerprint density at radius 1 is 1.14 bits per heavy atom. The first-order valence-corrected chi connectivity index (χ1v) is 7.01. The molecule has 0 unspecified atom stereocenters. The number of rotatable bonds is 2. The zero-order valence-corrected chi connectivity index (χ0v) is 12.7. The normalized spacial score (nSPS) is 11.6. The van der Waals surface area contributed by atoms with Gasteiger partial charge in [0.25, 0.3) is 5.56 Å². The van der Waals surface area contributed by atoms with Crippen molar-refractivity contribution in [1.29, 1.82) is 0 Å². The van der Waals surface area contributed by atoms with E-state index in [0.717, 1.165) is 16.9 Å². The van der Waals surface area contributed by atoms with E-state index in [2.05, 4.69) is 41.2 Å². The Labute approximate surface area is 127 Å². The molecule has 0 atom stereocenters. The number of hydrogen-bond donors (Lipinski definition) is 1. The summed E-state index contributed by atoms with van der Waals surface area (Å²) in [5.74, 6) is 0. The fraction of sp³-hybridized carbons (Fsp3) is 0.250. The van der Waals surface area contributed by atoms with Crippen LogP contribution in [0.3, 0.4) is 0 Å². The van der Waals surface area contributed by atoms with E-state index in [-0.39, 0.29) is 11.0 Å². The largest absolute Gasteiger partial charge is 0.282 e. The molecule has 0 saturated heterocycles. The maximum atomic E-state index is 12.1. The van der Waals surface area contributed by atoms with Gasteiger partial charge in [-0.2, -0.15) is 0 Å². The fourth-order valence-corrected chi connectivity index (χ4v) is 2.16. The van der Waals surface area contributed by atoms with Gasteiger partial charge in [0.05, 0.1) is 18.1 Å². The van der Waals surface area contributed by atoms with Gasteiger partial charge in [-0.05, 0) is 18.2 Å². The van der Waals surface area contributed by atoms with Gasteiger partial charge >= 0.3 is 0 Å².